The molecule has 3 nitrogen and oxygen atoms in total. The van der Waals surface area contributed by atoms with Crippen LogP contribution in [0.25, 0.3) is 0 Å². The van der Waals surface area contributed by atoms with Crippen molar-refractivity contribution in [3.05, 3.63) is 22.6 Å². The highest BCUT2D eigenvalue weighted by Crippen LogP contribution is 2.29. The molecule has 4 heteroatoms. The first-order chi connectivity index (χ1) is 8.61. The summed E-state index contributed by atoms with van der Waals surface area (Å²) in [6.07, 6.45) is 5.43. The highest BCUT2D eigenvalue weighted by molar-refractivity contribution is 9.10. The predicted molar refractivity (Wildman–Crippen MR) is 79.6 cm³/mol. The van der Waals surface area contributed by atoms with Crippen LogP contribution in [0.15, 0.2) is 21.2 Å². The smallest absolute Gasteiger partial charge is 0.136 e. The molecule has 1 unspecified atom stereocenters. The van der Waals surface area contributed by atoms with Crippen LogP contribution in [0.2, 0.25) is 0 Å². The fraction of sp³-hybridized carbons (Fsp3) is 0.714. The largest absolute Gasteiger partial charge is 0.466 e. The Bertz CT molecular complexity index is 338. The number of rotatable bonds is 8. The van der Waals surface area contributed by atoms with Crippen LogP contribution in [0.4, 0.5) is 0 Å². The molecule has 0 fully saturated rings. The summed E-state index contributed by atoms with van der Waals surface area (Å²) in [4.78, 5) is 2.43. The molecule has 18 heavy (non-hydrogen) atoms. The second-order valence-electron chi connectivity index (χ2n) is 4.92. The van der Waals surface area contributed by atoms with E-state index < -0.39 is 0 Å². The molecule has 0 radical (unpaired) electrons. The highest BCUT2D eigenvalue weighted by atomic mass is 79.9. The quantitative estimate of drug-likeness (QED) is 0.738. The summed E-state index contributed by atoms with van der Waals surface area (Å²) < 4.78 is 6.60. The second kappa shape index (κ2) is 7.97. The van der Waals surface area contributed by atoms with Gasteiger partial charge in [-0.25, -0.2) is 0 Å². The summed E-state index contributed by atoms with van der Waals surface area (Å²) in [6, 6.07) is 2.56. The van der Waals surface area contributed by atoms with E-state index in [0.29, 0.717) is 12.6 Å². The van der Waals surface area contributed by atoms with Crippen molar-refractivity contribution < 1.29 is 4.42 Å². The molecular formula is C14H25BrN2O. The molecule has 1 atom stereocenters. The summed E-state index contributed by atoms with van der Waals surface area (Å²) in [6.45, 7) is 8.30. The van der Waals surface area contributed by atoms with Gasteiger partial charge < -0.3 is 10.2 Å². The fourth-order valence-corrected chi connectivity index (χ4v) is 2.72. The van der Waals surface area contributed by atoms with Crippen molar-refractivity contribution in [2.24, 2.45) is 5.73 Å². The lowest BCUT2D eigenvalue weighted by atomic mass is 10.1. The van der Waals surface area contributed by atoms with Gasteiger partial charge in [-0.3, -0.25) is 4.90 Å². The summed E-state index contributed by atoms with van der Waals surface area (Å²) in [7, 11) is 0. The van der Waals surface area contributed by atoms with E-state index in [0.717, 1.165) is 16.8 Å². The Balaban J connectivity index is 2.78. The van der Waals surface area contributed by atoms with Gasteiger partial charge in [0.1, 0.15) is 5.76 Å². The lowest BCUT2D eigenvalue weighted by Gasteiger charge is -2.33. The lowest BCUT2D eigenvalue weighted by molar-refractivity contribution is 0.136. The maximum absolute atomic E-state index is 5.95. The zero-order valence-corrected chi connectivity index (χ0v) is 13.2. The zero-order chi connectivity index (χ0) is 13.5. The summed E-state index contributed by atoms with van der Waals surface area (Å²) in [5.74, 6) is 0.947. The molecule has 1 aromatic rings. The lowest BCUT2D eigenvalue weighted by Crippen LogP contribution is -2.39. The van der Waals surface area contributed by atoms with Crippen LogP contribution in [0.3, 0.4) is 0 Å². The first-order valence-electron chi connectivity index (χ1n) is 6.80. The summed E-state index contributed by atoms with van der Waals surface area (Å²) in [5, 5.41) is 0. The Morgan fingerprint density at radius 1 is 1.39 bits per heavy atom. The van der Waals surface area contributed by atoms with Gasteiger partial charge in [0.15, 0.2) is 0 Å². The van der Waals surface area contributed by atoms with Crippen molar-refractivity contribution >= 4 is 15.9 Å². The number of furan rings is 1. The molecule has 0 saturated heterocycles. The van der Waals surface area contributed by atoms with Gasteiger partial charge in [0.2, 0.25) is 0 Å². The van der Waals surface area contributed by atoms with Gasteiger partial charge in [-0.05, 0) is 48.8 Å². The van der Waals surface area contributed by atoms with Gasteiger partial charge in [0.05, 0.1) is 16.8 Å². The van der Waals surface area contributed by atoms with Crippen LogP contribution in [-0.2, 0) is 0 Å². The molecule has 0 aromatic carbocycles. The van der Waals surface area contributed by atoms with Gasteiger partial charge in [-0.2, -0.15) is 0 Å². The summed E-state index contributed by atoms with van der Waals surface area (Å²) >= 11 is 3.53. The standard InChI is InChI=1S/C14H25BrN2O/c1-4-5-6-8-17(11(2)3)13(10-16)14-12(15)7-9-18-14/h7,9,11,13H,4-6,8,10,16H2,1-3H3. The molecule has 2 N–H and O–H groups in total. The molecule has 0 spiro atoms. The highest BCUT2D eigenvalue weighted by Gasteiger charge is 2.25. The second-order valence-corrected chi connectivity index (χ2v) is 5.78. The summed E-state index contributed by atoms with van der Waals surface area (Å²) in [5.41, 5.74) is 5.95. The molecule has 1 aromatic heterocycles. The minimum atomic E-state index is 0.159. The Kier molecular flexibility index (Phi) is 6.97. The number of halogens is 1. The van der Waals surface area contributed by atoms with Gasteiger partial charge in [-0.1, -0.05) is 19.8 Å². The normalized spacial score (nSPS) is 13.5. The van der Waals surface area contributed by atoms with Crippen LogP contribution in [-0.4, -0.2) is 24.0 Å². The van der Waals surface area contributed by atoms with Crippen molar-refractivity contribution in [3.63, 3.8) is 0 Å². The first kappa shape index (κ1) is 15.7. The molecule has 0 bridgehead atoms. The predicted octanol–water partition coefficient (Wildman–Crippen LogP) is 3.94. The number of nitrogens with two attached hydrogens (primary N) is 1. The average Bonchev–Trinajstić information content (AvgIpc) is 2.74. The third kappa shape index (κ3) is 4.11. The zero-order valence-electron chi connectivity index (χ0n) is 11.7. The Hall–Kier alpha value is -0.320. The molecule has 0 aliphatic heterocycles. The van der Waals surface area contributed by atoms with E-state index in [4.69, 9.17) is 10.2 Å². The van der Waals surface area contributed by atoms with Crippen LogP contribution < -0.4 is 5.73 Å². The van der Waals surface area contributed by atoms with E-state index in [1.54, 1.807) is 6.26 Å². The van der Waals surface area contributed by atoms with E-state index in [2.05, 4.69) is 41.6 Å². The molecule has 1 rings (SSSR count). The molecule has 0 saturated carbocycles. The van der Waals surface area contributed by atoms with Crippen molar-refractivity contribution in [1.29, 1.82) is 0 Å². The van der Waals surface area contributed by atoms with Crippen molar-refractivity contribution in [2.45, 2.75) is 52.1 Å². The monoisotopic (exact) mass is 316 g/mol. The van der Waals surface area contributed by atoms with Crippen molar-refractivity contribution in [1.82, 2.24) is 4.90 Å². The minimum absolute atomic E-state index is 0.159. The molecule has 1 heterocycles. The third-order valence-corrected chi connectivity index (χ3v) is 3.91. The van der Waals surface area contributed by atoms with E-state index in [1.807, 2.05) is 6.07 Å². The maximum Gasteiger partial charge on any atom is 0.136 e. The molecule has 0 aliphatic rings. The van der Waals surface area contributed by atoms with Crippen molar-refractivity contribution in [2.75, 3.05) is 13.1 Å². The SMILES string of the molecule is CCCCCN(C(C)C)C(CN)c1occc1Br. The van der Waals surface area contributed by atoms with Gasteiger partial charge >= 0.3 is 0 Å². The number of nitrogens with zero attached hydrogens (tertiary/aromatic N) is 1. The van der Waals surface area contributed by atoms with Crippen molar-refractivity contribution in [3.8, 4) is 0 Å². The fourth-order valence-electron chi connectivity index (χ4n) is 2.25. The molecule has 104 valence electrons. The van der Waals surface area contributed by atoms with Crippen LogP contribution in [0, 0.1) is 0 Å². The molecular weight excluding hydrogens is 292 g/mol. The number of unbranched alkanes of at least 4 members (excludes halogenated alkanes) is 2. The topological polar surface area (TPSA) is 42.4 Å². The Morgan fingerprint density at radius 3 is 2.56 bits per heavy atom. The third-order valence-electron chi connectivity index (χ3n) is 3.25. The Morgan fingerprint density at radius 2 is 2.11 bits per heavy atom. The van der Waals surface area contributed by atoms with E-state index in [1.165, 1.54) is 19.3 Å². The maximum atomic E-state index is 5.95. The van der Waals surface area contributed by atoms with Gasteiger partial charge in [-0.15, -0.1) is 0 Å². The minimum Gasteiger partial charge on any atom is -0.466 e. The van der Waals surface area contributed by atoms with Crippen LogP contribution in [0.1, 0.15) is 51.8 Å². The van der Waals surface area contributed by atoms with Gasteiger partial charge in [0.25, 0.3) is 0 Å². The van der Waals surface area contributed by atoms with Crippen LogP contribution >= 0.6 is 15.9 Å². The van der Waals surface area contributed by atoms with Gasteiger partial charge in [0, 0.05) is 12.6 Å². The average molecular weight is 317 g/mol. The number of hydrogen-bond acceptors (Lipinski definition) is 3. The van der Waals surface area contributed by atoms with E-state index in [-0.39, 0.29) is 6.04 Å². The van der Waals surface area contributed by atoms with E-state index >= 15 is 0 Å². The number of hydrogen-bond donors (Lipinski definition) is 1. The first-order valence-corrected chi connectivity index (χ1v) is 7.59. The van der Waals surface area contributed by atoms with E-state index in [9.17, 15) is 0 Å². The Labute approximate surface area is 119 Å². The molecule has 0 aliphatic carbocycles. The van der Waals surface area contributed by atoms with Crippen LogP contribution in [0.5, 0.6) is 0 Å². The molecule has 0 amide bonds.